The first-order valence-electron chi connectivity index (χ1n) is 5.94. The highest BCUT2D eigenvalue weighted by Gasteiger charge is 2.29. The predicted molar refractivity (Wildman–Crippen MR) is 74.2 cm³/mol. The van der Waals surface area contributed by atoms with E-state index in [-0.39, 0.29) is 0 Å². The van der Waals surface area contributed by atoms with E-state index in [1.165, 1.54) is 18.4 Å². The number of nitrogens with one attached hydrogen (secondary N) is 1. The van der Waals surface area contributed by atoms with Gasteiger partial charge in [0.2, 0.25) is 0 Å². The number of rotatable bonds is 5. The van der Waals surface area contributed by atoms with Crippen molar-refractivity contribution in [3.63, 3.8) is 0 Å². The SMILES string of the molecule is CS(=O)CCNC1CC(c2ccc(Cl)cc2)C1. The lowest BCUT2D eigenvalue weighted by atomic mass is 9.76. The number of hydrogen-bond donors (Lipinski definition) is 1. The summed E-state index contributed by atoms with van der Waals surface area (Å²) in [6, 6.07) is 8.74. The molecule has 2 nitrogen and oxygen atoms in total. The van der Waals surface area contributed by atoms with Crippen LogP contribution in [0.15, 0.2) is 24.3 Å². The van der Waals surface area contributed by atoms with Crippen molar-refractivity contribution >= 4 is 22.4 Å². The molecule has 17 heavy (non-hydrogen) atoms. The third-order valence-electron chi connectivity index (χ3n) is 3.30. The highest BCUT2D eigenvalue weighted by molar-refractivity contribution is 7.84. The van der Waals surface area contributed by atoms with Crippen LogP contribution in [0.4, 0.5) is 0 Å². The molecule has 0 amide bonds. The molecular formula is C13H18ClNOS. The largest absolute Gasteiger partial charge is 0.313 e. The van der Waals surface area contributed by atoms with Crippen LogP contribution in [0.25, 0.3) is 0 Å². The molecule has 1 aromatic carbocycles. The molecule has 1 aromatic rings. The van der Waals surface area contributed by atoms with Gasteiger partial charge in [0.25, 0.3) is 0 Å². The quantitative estimate of drug-likeness (QED) is 0.892. The Morgan fingerprint density at radius 1 is 1.35 bits per heavy atom. The Bertz CT molecular complexity index is 387. The molecule has 1 aliphatic rings. The molecule has 94 valence electrons. The monoisotopic (exact) mass is 271 g/mol. The fourth-order valence-electron chi connectivity index (χ4n) is 2.20. The minimum Gasteiger partial charge on any atom is -0.313 e. The summed E-state index contributed by atoms with van der Waals surface area (Å²) in [5.41, 5.74) is 1.38. The van der Waals surface area contributed by atoms with Crippen molar-refractivity contribution in [2.45, 2.75) is 24.8 Å². The molecule has 2 rings (SSSR count). The van der Waals surface area contributed by atoms with Gasteiger partial charge in [0.1, 0.15) is 0 Å². The van der Waals surface area contributed by atoms with Gasteiger partial charge in [0.05, 0.1) is 0 Å². The van der Waals surface area contributed by atoms with E-state index < -0.39 is 10.8 Å². The van der Waals surface area contributed by atoms with Crippen LogP contribution in [0.1, 0.15) is 24.3 Å². The summed E-state index contributed by atoms with van der Waals surface area (Å²) in [5, 5.41) is 4.24. The van der Waals surface area contributed by atoms with Gasteiger partial charge in [-0.1, -0.05) is 23.7 Å². The first kappa shape index (κ1) is 13.1. The van der Waals surface area contributed by atoms with Gasteiger partial charge in [-0.3, -0.25) is 4.21 Å². The maximum Gasteiger partial charge on any atom is 0.0406 e. The molecular weight excluding hydrogens is 254 g/mol. The number of benzene rings is 1. The zero-order chi connectivity index (χ0) is 12.3. The van der Waals surface area contributed by atoms with Crippen LogP contribution in [0, 0.1) is 0 Å². The fourth-order valence-corrected chi connectivity index (χ4v) is 2.73. The molecule has 4 heteroatoms. The van der Waals surface area contributed by atoms with Crippen LogP contribution in [0.2, 0.25) is 5.02 Å². The fraction of sp³-hybridized carbons (Fsp3) is 0.538. The molecule has 1 saturated carbocycles. The standard InChI is InChI=1S/C13H18ClNOS/c1-17(16)7-6-15-13-8-11(9-13)10-2-4-12(14)5-3-10/h2-5,11,13,15H,6-9H2,1H3. The summed E-state index contributed by atoms with van der Waals surface area (Å²) < 4.78 is 10.9. The highest BCUT2D eigenvalue weighted by Crippen LogP contribution is 2.37. The van der Waals surface area contributed by atoms with E-state index >= 15 is 0 Å². The van der Waals surface area contributed by atoms with Gasteiger partial charge in [0, 0.05) is 40.4 Å². The van der Waals surface area contributed by atoms with Crippen LogP contribution in [0.3, 0.4) is 0 Å². The Morgan fingerprint density at radius 2 is 2.00 bits per heavy atom. The molecule has 1 unspecified atom stereocenters. The van der Waals surface area contributed by atoms with Crippen LogP contribution in [0.5, 0.6) is 0 Å². The lowest BCUT2D eigenvalue weighted by molar-refractivity contribution is 0.296. The average molecular weight is 272 g/mol. The lowest BCUT2D eigenvalue weighted by Gasteiger charge is -2.36. The molecule has 0 radical (unpaired) electrons. The topological polar surface area (TPSA) is 29.1 Å². The van der Waals surface area contributed by atoms with Gasteiger partial charge >= 0.3 is 0 Å². The highest BCUT2D eigenvalue weighted by atomic mass is 35.5. The summed E-state index contributed by atoms with van der Waals surface area (Å²) in [7, 11) is -0.684. The van der Waals surface area contributed by atoms with E-state index in [1.807, 2.05) is 12.1 Å². The molecule has 0 spiro atoms. The Hall–Kier alpha value is -0.380. The minimum atomic E-state index is -0.684. The van der Waals surface area contributed by atoms with Crippen molar-refractivity contribution in [1.82, 2.24) is 5.32 Å². The first-order valence-corrected chi connectivity index (χ1v) is 8.04. The Kier molecular flexibility index (Phi) is 4.60. The molecule has 1 aliphatic carbocycles. The summed E-state index contributed by atoms with van der Waals surface area (Å²) >= 11 is 5.86. The Morgan fingerprint density at radius 3 is 2.59 bits per heavy atom. The third-order valence-corrected chi connectivity index (χ3v) is 4.33. The average Bonchev–Trinajstić information content (AvgIpc) is 2.23. The van der Waals surface area contributed by atoms with Crippen LogP contribution >= 0.6 is 11.6 Å². The van der Waals surface area contributed by atoms with Crippen molar-refractivity contribution in [2.24, 2.45) is 0 Å². The maximum absolute atomic E-state index is 10.9. The zero-order valence-electron chi connectivity index (χ0n) is 9.99. The normalized spacial score (nSPS) is 25.3. The Labute approximate surface area is 110 Å². The second-order valence-corrected chi connectivity index (χ2v) is 6.64. The van der Waals surface area contributed by atoms with Crippen molar-refractivity contribution in [3.05, 3.63) is 34.9 Å². The summed E-state index contributed by atoms with van der Waals surface area (Å²) in [5.74, 6) is 1.42. The maximum atomic E-state index is 10.9. The smallest absolute Gasteiger partial charge is 0.0406 e. The summed E-state index contributed by atoms with van der Waals surface area (Å²) in [6.45, 7) is 0.862. The molecule has 0 aliphatic heterocycles. The van der Waals surface area contributed by atoms with Crippen LogP contribution < -0.4 is 5.32 Å². The van der Waals surface area contributed by atoms with E-state index in [9.17, 15) is 4.21 Å². The zero-order valence-corrected chi connectivity index (χ0v) is 11.6. The van der Waals surface area contributed by atoms with Gasteiger partial charge in [-0.2, -0.15) is 0 Å². The van der Waals surface area contributed by atoms with Gasteiger partial charge in [-0.05, 0) is 36.5 Å². The van der Waals surface area contributed by atoms with E-state index in [2.05, 4.69) is 17.4 Å². The van der Waals surface area contributed by atoms with Gasteiger partial charge in [0.15, 0.2) is 0 Å². The van der Waals surface area contributed by atoms with E-state index in [0.717, 1.165) is 17.3 Å². The van der Waals surface area contributed by atoms with Crippen LogP contribution in [-0.4, -0.2) is 28.8 Å². The second-order valence-electron chi connectivity index (χ2n) is 4.65. The summed E-state index contributed by atoms with van der Waals surface area (Å²) in [4.78, 5) is 0. The molecule has 0 heterocycles. The molecule has 1 N–H and O–H groups in total. The van der Waals surface area contributed by atoms with Crippen molar-refractivity contribution in [2.75, 3.05) is 18.6 Å². The van der Waals surface area contributed by atoms with Crippen molar-refractivity contribution < 1.29 is 4.21 Å². The first-order chi connectivity index (χ1) is 8.15. The molecule has 0 bridgehead atoms. The van der Waals surface area contributed by atoms with E-state index in [0.29, 0.717) is 12.0 Å². The minimum absolute atomic E-state index is 0.597. The van der Waals surface area contributed by atoms with E-state index in [1.54, 1.807) is 6.26 Å². The Balaban J connectivity index is 1.71. The van der Waals surface area contributed by atoms with Crippen LogP contribution in [-0.2, 0) is 10.8 Å². The number of halogens is 1. The van der Waals surface area contributed by atoms with Crippen molar-refractivity contribution in [3.8, 4) is 0 Å². The summed E-state index contributed by atoms with van der Waals surface area (Å²) in [6.07, 6.45) is 4.11. The molecule has 0 saturated heterocycles. The second kappa shape index (κ2) is 5.98. The van der Waals surface area contributed by atoms with Gasteiger partial charge in [-0.25, -0.2) is 0 Å². The van der Waals surface area contributed by atoms with Gasteiger partial charge < -0.3 is 5.32 Å². The number of hydrogen-bond acceptors (Lipinski definition) is 2. The van der Waals surface area contributed by atoms with E-state index in [4.69, 9.17) is 11.6 Å². The van der Waals surface area contributed by atoms with Gasteiger partial charge in [-0.15, -0.1) is 0 Å². The third kappa shape index (κ3) is 3.80. The molecule has 1 atom stereocenters. The molecule has 1 fully saturated rings. The van der Waals surface area contributed by atoms with Crippen molar-refractivity contribution in [1.29, 1.82) is 0 Å². The predicted octanol–water partition coefficient (Wildman–Crippen LogP) is 2.55. The molecule has 0 aromatic heterocycles. The lowest BCUT2D eigenvalue weighted by Crippen LogP contribution is -2.41.